The van der Waals surface area contributed by atoms with Gasteiger partial charge in [0.2, 0.25) is 5.91 Å². The monoisotopic (exact) mass is 426 g/mol. The minimum atomic E-state index is 0.0120. The lowest BCUT2D eigenvalue weighted by Gasteiger charge is -2.35. The van der Waals surface area contributed by atoms with Gasteiger partial charge in [-0.15, -0.1) is 0 Å². The number of anilines is 1. The molecule has 0 bridgehead atoms. The van der Waals surface area contributed by atoms with Crippen LogP contribution in [0.1, 0.15) is 25.0 Å². The van der Waals surface area contributed by atoms with Crippen LogP contribution >= 0.6 is 11.6 Å². The maximum Gasteiger partial charge on any atom is 0.246 e. The zero-order valence-corrected chi connectivity index (χ0v) is 18.2. The van der Waals surface area contributed by atoms with Gasteiger partial charge in [0.1, 0.15) is 17.6 Å². The van der Waals surface area contributed by atoms with Crippen LogP contribution in [0, 0.1) is 0 Å². The number of hydrogen-bond acceptors (Lipinski definition) is 4. The van der Waals surface area contributed by atoms with Crippen LogP contribution in [0.15, 0.2) is 42.5 Å². The fourth-order valence-corrected chi connectivity index (χ4v) is 4.17. The quantitative estimate of drug-likeness (QED) is 0.663. The van der Waals surface area contributed by atoms with E-state index < -0.39 is 0 Å². The van der Waals surface area contributed by atoms with E-state index >= 15 is 0 Å². The minimum absolute atomic E-state index is 0.0120. The van der Waals surface area contributed by atoms with Gasteiger partial charge in [0.05, 0.1) is 6.61 Å². The standard InChI is InChI=1S/C24H27ClN2O3/c1-3-29-22-15-19-13-17(2)30-23(19)14-18(22)7-8-24(28)27-11-9-26(10-12-27)21-6-4-5-20(25)16-21/h4-8,14-17H,3,9-13H2,1-2H3/b8-7+/t17-/m1/s1. The second-order valence-electron chi connectivity index (χ2n) is 7.69. The van der Waals surface area contributed by atoms with Crippen LogP contribution in [0.25, 0.3) is 6.08 Å². The fourth-order valence-electron chi connectivity index (χ4n) is 3.99. The van der Waals surface area contributed by atoms with Gasteiger partial charge in [0, 0.05) is 60.5 Å². The third kappa shape index (κ3) is 4.57. The van der Waals surface area contributed by atoms with E-state index in [-0.39, 0.29) is 12.0 Å². The lowest BCUT2D eigenvalue weighted by atomic mass is 10.1. The van der Waals surface area contributed by atoms with Gasteiger partial charge in [0.25, 0.3) is 0 Å². The first-order valence-corrected chi connectivity index (χ1v) is 10.8. The maximum absolute atomic E-state index is 12.8. The highest BCUT2D eigenvalue weighted by Crippen LogP contribution is 2.35. The molecule has 0 spiro atoms. The van der Waals surface area contributed by atoms with Gasteiger partial charge in [-0.3, -0.25) is 4.79 Å². The second kappa shape index (κ2) is 9.00. The van der Waals surface area contributed by atoms with Gasteiger partial charge in [-0.2, -0.15) is 0 Å². The van der Waals surface area contributed by atoms with Gasteiger partial charge in [-0.25, -0.2) is 0 Å². The van der Waals surface area contributed by atoms with E-state index in [0.717, 1.165) is 52.8 Å². The third-order valence-electron chi connectivity index (χ3n) is 5.50. The Balaban J connectivity index is 1.41. The second-order valence-corrected chi connectivity index (χ2v) is 8.13. The molecule has 0 unspecified atom stereocenters. The molecule has 4 rings (SSSR count). The predicted octanol–water partition coefficient (Wildman–Crippen LogP) is 4.42. The normalized spacial score (nSPS) is 18.4. The summed E-state index contributed by atoms with van der Waals surface area (Å²) in [6, 6.07) is 11.9. The van der Waals surface area contributed by atoms with Crippen molar-refractivity contribution in [1.82, 2.24) is 4.90 Å². The van der Waals surface area contributed by atoms with Gasteiger partial charge < -0.3 is 19.3 Å². The summed E-state index contributed by atoms with van der Waals surface area (Å²) >= 11 is 6.10. The Labute approximate surface area is 182 Å². The van der Waals surface area contributed by atoms with Crippen molar-refractivity contribution >= 4 is 29.3 Å². The Hall–Kier alpha value is -2.66. The van der Waals surface area contributed by atoms with Crippen molar-refractivity contribution in [2.24, 2.45) is 0 Å². The molecule has 1 saturated heterocycles. The number of piperazine rings is 1. The van der Waals surface area contributed by atoms with E-state index in [1.165, 1.54) is 0 Å². The molecule has 0 radical (unpaired) electrons. The first-order chi connectivity index (χ1) is 14.5. The molecule has 6 heteroatoms. The molecule has 1 fully saturated rings. The molecule has 158 valence electrons. The summed E-state index contributed by atoms with van der Waals surface area (Å²) in [5, 5.41) is 0.728. The maximum atomic E-state index is 12.8. The highest BCUT2D eigenvalue weighted by atomic mass is 35.5. The van der Waals surface area contributed by atoms with Crippen LogP contribution < -0.4 is 14.4 Å². The van der Waals surface area contributed by atoms with Crippen molar-refractivity contribution in [3.05, 3.63) is 58.6 Å². The molecular weight excluding hydrogens is 400 g/mol. The third-order valence-corrected chi connectivity index (χ3v) is 5.73. The molecular formula is C24H27ClN2O3. The topological polar surface area (TPSA) is 42.0 Å². The number of halogens is 1. The van der Waals surface area contributed by atoms with E-state index in [0.29, 0.717) is 19.7 Å². The molecule has 2 aliphatic rings. The van der Waals surface area contributed by atoms with E-state index in [2.05, 4.69) is 17.9 Å². The number of rotatable bonds is 5. The lowest BCUT2D eigenvalue weighted by molar-refractivity contribution is -0.126. The van der Waals surface area contributed by atoms with Gasteiger partial charge in [-0.1, -0.05) is 17.7 Å². The number of nitrogens with zero attached hydrogens (tertiary/aromatic N) is 2. The average Bonchev–Trinajstić information content (AvgIpc) is 3.11. The Morgan fingerprint density at radius 1 is 1.23 bits per heavy atom. The van der Waals surface area contributed by atoms with E-state index in [9.17, 15) is 4.79 Å². The zero-order valence-electron chi connectivity index (χ0n) is 17.4. The molecule has 0 saturated carbocycles. The number of amides is 1. The Morgan fingerprint density at radius 2 is 2.03 bits per heavy atom. The molecule has 1 amide bonds. The first-order valence-electron chi connectivity index (χ1n) is 10.5. The molecule has 1 atom stereocenters. The summed E-state index contributed by atoms with van der Waals surface area (Å²) in [6.07, 6.45) is 4.53. The fraction of sp³-hybridized carbons (Fsp3) is 0.375. The number of carbonyl (C=O) groups excluding carboxylic acids is 1. The van der Waals surface area contributed by atoms with Gasteiger partial charge in [0.15, 0.2) is 0 Å². The highest BCUT2D eigenvalue weighted by Gasteiger charge is 2.22. The molecule has 2 heterocycles. The Morgan fingerprint density at radius 3 is 2.77 bits per heavy atom. The molecule has 2 aliphatic heterocycles. The molecule has 5 nitrogen and oxygen atoms in total. The summed E-state index contributed by atoms with van der Waals surface area (Å²) in [4.78, 5) is 16.9. The summed E-state index contributed by atoms with van der Waals surface area (Å²) in [5.41, 5.74) is 3.13. The van der Waals surface area contributed by atoms with Crippen molar-refractivity contribution in [1.29, 1.82) is 0 Å². The Bertz CT molecular complexity index is 951. The highest BCUT2D eigenvalue weighted by molar-refractivity contribution is 6.30. The molecule has 2 aromatic carbocycles. The van der Waals surface area contributed by atoms with E-state index in [4.69, 9.17) is 21.1 Å². The SMILES string of the molecule is CCOc1cc2c(cc1/C=C/C(=O)N1CCN(c3cccc(Cl)c3)CC1)O[C@H](C)C2. The number of ether oxygens (including phenoxy) is 2. The largest absolute Gasteiger partial charge is 0.493 e. The van der Waals surface area contributed by atoms with Crippen LogP contribution in [0.5, 0.6) is 11.5 Å². The minimum Gasteiger partial charge on any atom is -0.493 e. The van der Waals surface area contributed by atoms with E-state index in [1.807, 2.05) is 48.2 Å². The van der Waals surface area contributed by atoms with Crippen molar-refractivity contribution in [3.63, 3.8) is 0 Å². The number of fused-ring (bicyclic) bond motifs is 1. The van der Waals surface area contributed by atoms with Crippen molar-refractivity contribution < 1.29 is 14.3 Å². The smallest absolute Gasteiger partial charge is 0.246 e. The number of carbonyl (C=O) groups is 1. The first kappa shape index (κ1) is 20.6. The van der Waals surface area contributed by atoms with Crippen LogP contribution in [-0.2, 0) is 11.2 Å². The zero-order chi connectivity index (χ0) is 21.1. The van der Waals surface area contributed by atoms with Crippen molar-refractivity contribution in [3.8, 4) is 11.5 Å². The van der Waals surface area contributed by atoms with Crippen LogP contribution in [0.3, 0.4) is 0 Å². The number of benzene rings is 2. The summed E-state index contributed by atoms with van der Waals surface area (Å²) < 4.78 is 11.7. The summed E-state index contributed by atoms with van der Waals surface area (Å²) in [6.45, 7) is 7.53. The van der Waals surface area contributed by atoms with Gasteiger partial charge in [-0.05, 0) is 50.3 Å². The van der Waals surface area contributed by atoms with Crippen molar-refractivity contribution in [2.75, 3.05) is 37.7 Å². The molecule has 0 N–H and O–H groups in total. The molecule has 0 aromatic heterocycles. The van der Waals surface area contributed by atoms with Crippen LogP contribution in [-0.4, -0.2) is 49.7 Å². The van der Waals surface area contributed by atoms with Gasteiger partial charge >= 0.3 is 0 Å². The van der Waals surface area contributed by atoms with E-state index in [1.54, 1.807) is 6.08 Å². The number of hydrogen-bond donors (Lipinski definition) is 0. The molecule has 2 aromatic rings. The summed E-state index contributed by atoms with van der Waals surface area (Å²) in [7, 11) is 0. The average molecular weight is 427 g/mol. The summed E-state index contributed by atoms with van der Waals surface area (Å²) in [5.74, 6) is 1.69. The van der Waals surface area contributed by atoms with Crippen LogP contribution in [0.4, 0.5) is 5.69 Å². The lowest BCUT2D eigenvalue weighted by Crippen LogP contribution is -2.48. The molecule has 30 heavy (non-hydrogen) atoms. The van der Waals surface area contributed by atoms with Crippen LogP contribution in [0.2, 0.25) is 5.02 Å². The van der Waals surface area contributed by atoms with Crippen molar-refractivity contribution in [2.45, 2.75) is 26.4 Å². The predicted molar refractivity (Wildman–Crippen MR) is 121 cm³/mol. The molecule has 0 aliphatic carbocycles. The Kier molecular flexibility index (Phi) is 6.18.